The first kappa shape index (κ1) is 14.9. The van der Waals surface area contributed by atoms with E-state index in [0.29, 0.717) is 0 Å². The van der Waals surface area contributed by atoms with Crippen LogP contribution in [0.5, 0.6) is 0 Å². The number of H-pyrrole nitrogens is 2. The number of aromatic amines is 2. The average molecular weight is 340 g/mol. The molecule has 26 heavy (non-hydrogen) atoms. The molecule has 3 aromatic heterocycles. The Morgan fingerprint density at radius 3 is 1.96 bits per heavy atom. The van der Waals surface area contributed by atoms with Gasteiger partial charge in [0, 0.05) is 27.6 Å². The smallest absolute Gasteiger partial charge is 0.0723 e. The fourth-order valence-electron chi connectivity index (χ4n) is 3.23. The van der Waals surface area contributed by atoms with Gasteiger partial charge in [0.25, 0.3) is 0 Å². The minimum absolute atomic E-state index is 0.0865. The number of aliphatic hydroxyl groups is 1. The highest BCUT2D eigenvalue weighted by molar-refractivity contribution is 5.79. The molecule has 0 radical (unpaired) electrons. The minimum atomic E-state index is -0.0865. The molecule has 0 spiro atoms. The molecule has 5 rings (SSSR count). The van der Waals surface area contributed by atoms with Crippen LogP contribution < -0.4 is 0 Å². The largest absolute Gasteiger partial charge is 0.392 e. The van der Waals surface area contributed by atoms with Crippen LogP contribution in [-0.2, 0) is 6.61 Å². The number of hydrogen-bond acceptors (Lipinski definition) is 3. The average Bonchev–Trinajstić information content (AvgIpc) is 3.39. The van der Waals surface area contributed by atoms with E-state index in [1.807, 2.05) is 66.8 Å². The van der Waals surface area contributed by atoms with Crippen LogP contribution in [0.3, 0.4) is 0 Å². The molecule has 8 bridgehead atoms. The Hall–Kier alpha value is -3.44. The van der Waals surface area contributed by atoms with Gasteiger partial charge in [0.05, 0.1) is 29.4 Å². The fraction of sp³-hybridized carbons (Fsp3) is 0.0476. The third-order valence-electron chi connectivity index (χ3n) is 4.49. The molecule has 5 heteroatoms. The van der Waals surface area contributed by atoms with E-state index in [1.165, 1.54) is 0 Å². The van der Waals surface area contributed by atoms with Crippen LogP contribution in [0.2, 0.25) is 0 Å². The van der Waals surface area contributed by atoms with E-state index in [9.17, 15) is 5.11 Å². The Morgan fingerprint density at radius 1 is 0.692 bits per heavy atom. The molecule has 3 aromatic rings. The van der Waals surface area contributed by atoms with Crippen LogP contribution >= 0.6 is 0 Å². The molecule has 0 amide bonds. The van der Waals surface area contributed by atoms with E-state index in [-0.39, 0.29) is 6.61 Å². The maximum Gasteiger partial charge on any atom is 0.0723 e. The summed E-state index contributed by atoms with van der Waals surface area (Å²) >= 11 is 0. The van der Waals surface area contributed by atoms with Crippen LogP contribution in [0.15, 0.2) is 42.5 Å². The monoisotopic (exact) mass is 340 g/mol. The van der Waals surface area contributed by atoms with Crippen molar-refractivity contribution in [3.63, 3.8) is 0 Å². The van der Waals surface area contributed by atoms with Crippen molar-refractivity contribution >= 4 is 46.4 Å². The third-order valence-corrected chi connectivity index (χ3v) is 4.49. The second kappa shape index (κ2) is 5.82. The Balaban J connectivity index is 1.88. The minimum Gasteiger partial charge on any atom is -0.392 e. The van der Waals surface area contributed by atoms with Crippen LogP contribution in [0, 0.1) is 0 Å². The molecule has 0 aliphatic carbocycles. The molecule has 0 unspecified atom stereocenters. The first-order valence-corrected chi connectivity index (χ1v) is 8.44. The van der Waals surface area contributed by atoms with Crippen molar-refractivity contribution in [2.45, 2.75) is 6.61 Å². The summed E-state index contributed by atoms with van der Waals surface area (Å²) in [5.74, 6) is 0. The number of aromatic nitrogens is 4. The summed E-state index contributed by atoms with van der Waals surface area (Å²) < 4.78 is 0. The highest BCUT2D eigenvalue weighted by atomic mass is 16.3. The van der Waals surface area contributed by atoms with Gasteiger partial charge in [0.2, 0.25) is 0 Å². The Kier molecular flexibility index (Phi) is 3.33. The van der Waals surface area contributed by atoms with E-state index in [1.54, 1.807) is 0 Å². The van der Waals surface area contributed by atoms with Crippen LogP contribution in [0.4, 0.5) is 0 Å². The SMILES string of the molecule is OCc1c2nc(cc3ccc(cc4nc(cc5ccc1[nH]5)C=C4)[nH]3)C=C2. The number of aliphatic hydroxyl groups excluding tert-OH is 1. The van der Waals surface area contributed by atoms with Gasteiger partial charge in [0.1, 0.15) is 0 Å². The van der Waals surface area contributed by atoms with Crippen molar-refractivity contribution < 1.29 is 5.11 Å². The summed E-state index contributed by atoms with van der Waals surface area (Å²) in [6.07, 6.45) is 7.86. The van der Waals surface area contributed by atoms with Crippen molar-refractivity contribution in [1.82, 2.24) is 19.9 Å². The highest BCUT2D eigenvalue weighted by Crippen LogP contribution is 2.20. The van der Waals surface area contributed by atoms with Crippen molar-refractivity contribution in [2.24, 2.45) is 0 Å². The number of nitrogens with zero attached hydrogens (tertiary/aromatic N) is 2. The summed E-state index contributed by atoms with van der Waals surface area (Å²) in [4.78, 5) is 16.0. The van der Waals surface area contributed by atoms with Crippen molar-refractivity contribution in [3.05, 3.63) is 70.8 Å². The zero-order valence-corrected chi connectivity index (χ0v) is 13.9. The molecule has 5 heterocycles. The van der Waals surface area contributed by atoms with Crippen LogP contribution in [-0.4, -0.2) is 25.0 Å². The lowest BCUT2D eigenvalue weighted by atomic mass is 10.2. The van der Waals surface area contributed by atoms with Gasteiger partial charge in [-0.3, -0.25) is 0 Å². The van der Waals surface area contributed by atoms with Crippen LogP contribution in [0.1, 0.15) is 28.3 Å². The lowest BCUT2D eigenvalue weighted by Crippen LogP contribution is -1.89. The van der Waals surface area contributed by atoms with E-state index in [2.05, 4.69) is 19.9 Å². The number of hydrogen-bond donors (Lipinski definition) is 3. The summed E-state index contributed by atoms with van der Waals surface area (Å²) in [5, 5.41) is 9.87. The predicted molar refractivity (Wildman–Crippen MR) is 105 cm³/mol. The van der Waals surface area contributed by atoms with Crippen molar-refractivity contribution in [1.29, 1.82) is 0 Å². The standard InChI is InChI=1S/C21H16N4O/c26-12-19-20-7-5-17(24-20)10-15-3-1-13(22-15)9-14-2-4-16(23-14)11-18-6-8-21(19)25-18/h1-11,22,25-26H,12H2. The summed E-state index contributed by atoms with van der Waals surface area (Å²) in [6.45, 7) is -0.0865. The van der Waals surface area contributed by atoms with Gasteiger partial charge in [-0.15, -0.1) is 0 Å². The van der Waals surface area contributed by atoms with Crippen molar-refractivity contribution in [2.75, 3.05) is 0 Å². The molecule has 0 saturated heterocycles. The molecule has 3 N–H and O–H groups in total. The van der Waals surface area contributed by atoms with Gasteiger partial charge in [-0.25, -0.2) is 9.97 Å². The molecular weight excluding hydrogens is 324 g/mol. The van der Waals surface area contributed by atoms with Gasteiger partial charge < -0.3 is 15.1 Å². The molecule has 0 aromatic carbocycles. The van der Waals surface area contributed by atoms with E-state index >= 15 is 0 Å². The quantitative estimate of drug-likeness (QED) is 0.429. The van der Waals surface area contributed by atoms with Gasteiger partial charge in [-0.1, -0.05) is 0 Å². The van der Waals surface area contributed by atoms with E-state index in [0.717, 1.165) is 50.4 Å². The van der Waals surface area contributed by atoms with Crippen molar-refractivity contribution in [3.8, 4) is 0 Å². The second-order valence-electron chi connectivity index (χ2n) is 6.32. The zero-order valence-electron chi connectivity index (χ0n) is 13.9. The third kappa shape index (κ3) is 2.64. The molecule has 2 aliphatic rings. The summed E-state index contributed by atoms with van der Waals surface area (Å²) in [5.41, 5.74) is 7.93. The maximum atomic E-state index is 9.87. The normalized spacial score (nSPS) is 12.7. The lowest BCUT2D eigenvalue weighted by molar-refractivity contribution is 0.282. The summed E-state index contributed by atoms with van der Waals surface area (Å²) in [6, 6.07) is 14.0. The molecule has 2 aliphatic heterocycles. The Morgan fingerprint density at radius 2 is 1.27 bits per heavy atom. The molecule has 5 nitrogen and oxygen atoms in total. The molecular formula is C21H16N4O. The fourth-order valence-corrected chi connectivity index (χ4v) is 3.23. The molecule has 0 saturated carbocycles. The summed E-state index contributed by atoms with van der Waals surface area (Å²) in [7, 11) is 0. The molecule has 126 valence electrons. The first-order chi connectivity index (χ1) is 12.8. The van der Waals surface area contributed by atoms with Crippen LogP contribution in [0.25, 0.3) is 46.4 Å². The molecule has 0 atom stereocenters. The van der Waals surface area contributed by atoms with E-state index < -0.39 is 0 Å². The van der Waals surface area contributed by atoms with E-state index in [4.69, 9.17) is 0 Å². The van der Waals surface area contributed by atoms with Gasteiger partial charge >= 0.3 is 0 Å². The predicted octanol–water partition coefficient (Wildman–Crippen LogP) is 4.15. The first-order valence-electron chi connectivity index (χ1n) is 8.44. The maximum absolute atomic E-state index is 9.87. The highest BCUT2D eigenvalue weighted by Gasteiger charge is 2.07. The van der Waals surface area contributed by atoms with Gasteiger partial charge in [-0.2, -0.15) is 0 Å². The number of fused-ring (bicyclic) bond motifs is 8. The number of rotatable bonds is 1. The Bertz CT molecular complexity index is 1230. The molecule has 0 fully saturated rings. The van der Waals surface area contributed by atoms with Gasteiger partial charge in [0.15, 0.2) is 0 Å². The Labute approximate surface area is 149 Å². The van der Waals surface area contributed by atoms with Gasteiger partial charge in [-0.05, 0) is 66.8 Å². The topological polar surface area (TPSA) is 77.6 Å². The lowest BCUT2D eigenvalue weighted by Gasteiger charge is -1.96. The number of nitrogens with one attached hydrogen (secondary N) is 2. The zero-order chi connectivity index (χ0) is 17.5. The second-order valence-corrected chi connectivity index (χ2v) is 6.32.